The number of benzene rings is 1. The Bertz CT molecular complexity index is 496. The lowest BCUT2D eigenvalue weighted by Crippen LogP contribution is -2.32. The number of hydrogen-bond acceptors (Lipinski definition) is 4. The summed E-state index contributed by atoms with van der Waals surface area (Å²) < 4.78 is 17.8. The average molecular weight is 250 g/mol. The van der Waals surface area contributed by atoms with Gasteiger partial charge in [-0.2, -0.15) is 5.26 Å². The molecule has 0 aliphatic heterocycles. The number of rotatable bonds is 4. The van der Waals surface area contributed by atoms with Gasteiger partial charge in [-0.25, -0.2) is 4.39 Å². The van der Waals surface area contributed by atoms with Gasteiger partial charge in [0, 0.05) is 0 Å². The number of halogens is 1. The number of carbonyl (C=O) groups is 2. The van der Waals surface area contributed by atoms with Crippen LogP contribution >= 0.6 is 0 Å². The molecule has 1 rings (SSSR count). The zero-order valence-corrected chi connectivity index (χ0v) is 9.64. The Kier molecular flexibility index (Phi) is 4.81. The molecule has 1 amide bonds. The topological polar surface area (TPSA) is 79.2 Å². The molecule has 1 aromatic carbocycles. The second-order valence-corrected chi connectivity index (χ2v) is 3.42. The van der Waals surface area contributed by atoms with Crippen LogP contribution in [0.5, 0.6) is 0 Å². The van der Waals surface area contributed by atoms with E-state index >= 15 is 0 Å². The van der Waals surface area contributed by atoms with E-state index in [0.29, 0.717) is 0 Å². The van der Waals surface area contributed by atoms with Crippen molar-refractivity contribution in [3.8, 4) is 6.07 Å². The van der Waals surface area contributed by atoms with Gasteiger partial charge in [0.15, 0.2) is 6.10 Å². The molecule has 0 aromatic heterocycles. The summed E-state index contributed by atoms with van der Waals surface area (Å²) in [6, 6.07) is 7.11. The molecule has 0 saturated heterocycles. The van der Waals surface area contributed by atoms with Crippen molar-refractivity contribution in [3.63, 3.8) is 0 Å². The van der Waals surface area contributed by atoms with Crippen LogP contribution in [0.25, 0.3) is 0 Å². The van der Waals surface area contributed by atoms with E-state index in [1.54, 1.807) is 6.07 Å². The van der Waals surface area contributed by atoms with Crippen molar-refractivity contribution in [1.82, 2.24) is 5.32 Å². The summed E-state index contributed by atoms with van der Waals surface area (Å²) in [4.78, 5) is 22.7. The van der Waals surface area contributed by atoms with E-state index in [1.807, 2.05) is 0 Å². The summed E-state index contributed by atoms with van der Waals surface area (Å²) in [5.74, 6) is -2.14. The first-order chi connectivity index (χ1) is 8.54. The highest BCUT2D eigenvalue weighted by atomic mass is 19.1. The number of hydrogen-bond donors (Lipinski definition) is 1. The molecule has 94 valence electrons. The van der Waals surface area contributed by atoms with Gasteiger partial charge in [-0.3, -0.25) is 9.59 Å². The van der Waals surface area contributed by atoms with E-state index in [2.05, 4.69) is 10.1 Å². The largest absolute Gasteiger partial charge is 0.446 e. The van der Waals surface area contributed by atoms with E-state index < -0.39 is 30.3 Å². The van der Waals surface area contributed by atoms with Gasteiger partial charge in [0.2, 0.25) is 0 Å². The first-order valence-electron chi connectivity index (χ1n) is 5.16. The zero-order valence-electron chi connectivity index (χ0n) is 9.64. The lowest BCUT2D eigenvalue weighted by molar-refractivity contribution is -0.144. The fourth-order valence-electron chi connectivity index (χ4n) is 1.16. The Morgan fingerprint density at radius 2 is 2.17 bits per heavy atom. The fraction of sp³-hybridized carbons (Fsp3) is 0.250. The van der Waals surface area contributed by atoms with Crippen LogP contribution in [0.3, 0.4) is 0 Å². The van der Waals surface area contributed by atoms with Crippen molar-refractivity contribution >= 4 is 11.9 Å². The van der Waals surface area contributed by atoms with Gasteiger partial charge in [0.25, 0.3) is 5.91 Å². The van der Waals surface area contributed by atoms with Gasteiger partial charge in [-0.05, 0) is 19.1 Å². The third-order valence-electron chi connectivity index (χ3n) is 2.00. The van der Waals surface area contributed by atoms with E-state index in [-0.39, 0.29) is 5.56 Å². The highest BCUT2D eigenvalue weighted by Crippen LogP contribution is 2.05. The summed E-state index contributed by atoms with van der Waals surface area (Å²) in [7, 11) is 0. The Labute approximate surface area is 103 Å². The maximum Gasteiger partial charge on any atom is 0.326 e. The second kappa shape index (κ2) is 6.35. The molecule has 1 atom stereocenters. The lowest BCUT2D eigenvalue weighted by atomic mass is 10.2. The number of nitriles is 1. The maximum absolute atomic E-state index is 13.2. The van der Waals surface area contributed by atoms with Gasteiger partial charge >= 0.3 is 5.97 Å². The molecular formula is C12H11FN2O3. The molecule has 0 aliphatic carbocycles. The predicted octanol–water partition coefficient (Wildman–Crippen LogP) is 1.01. The minimum Gasteiger partial charge on any atom is -0.446 e. The van der Waals surface area contributed by atoms with Crippen LogP contribution in [0.2, 0.25) is 0 Å². The van der Waals surface area contributed by atoms with Crippen molar-refractivity contribution in [1.29, 1.82) is 5.26 Å². The smallest absolute Gasteiger partial charge is 0.326 e. The van der Waals surface area contributed by atoms with Crippen molar-refractivity contribution in [2.45, 2.75) is 13.0 Å². The Morgan fingerprint density at radius 3 is 2.78 bits per heavy atom. The van der Waals surface area contributed by atoms with Gasteiger partial charge in [-0.15, -0.1) is 0 Å². The molecule has 0 unspecified atom stereocenters. The summed E-state index contributed by atoms with van der Waals surface area (Å²) in [6.07, 6.45) is -0.886. The fourth-order valence-corrected chi connectivity index (χ4v) is 1.16. The number of nitrogens with one attached hydrogen (secondary N) is 1. The van der Waals surface area contributed by atoms with E-state index in [1.165, 1.54) is 25.1 Å². The third kappa shape index (κ3) is 3.87. The number of amides is 1. The number of ether oxygens (including phenoxy) is 1. The molecule has 0 spiro atoms. The number of carbonyl (C=O) groups excluding carboxylic acids is 2. The van der Waals surface area contributed by atoms with Crippen molar-refractivity contribution in [2.24, 2.45) is 0 Å². The van der Waals surface area contributed by atoms with Crippen LogP contribution in [0.15, 0.2) is 24.3 Å². The monoisotopic (exact) mass is 250 g/mol. The van der Waals surface area contributed by atoms with Crippen LogP contribution in [0, 0.1) is 17.1 Å². The maximum atomic E-state index is 13.2. The van der Waals surface area contributed by atoms with Crippen LogP contribution in [-0.4, -0.2) is 24.5 Å². The van der Waals surface area contributed by atoms with Crippen LogP contribution < -0.4 is 5.32 Å². The summed E-state index contributed by atoms with van der Waals surface area (Å²) in [5, 5.41) is 10.6. The molecule has 0 radical (unpaired) electrons. The van der Waals surface area contributed by atoms with Crippen molar-refractivity contribution < 1.29 is 18.7 Å². The van der Waals surface area contributed by atoms with Gasteiger partial charge in [-0.1, -0.05) is 12.1 Å². The van der Waals surface area contributed by atoms with Gasteiger partial charge < -0.3 is 10.1 Å². The molecular weight excluding hydrogens is 239 g/mol. The van der Waals surface area contributed by atoms with Crippen LogP contribution in [0.1, 0.15) is 17.3 Å². The Morgan fingerprint density at radius 1 is 1.50 bits per heavy atom. The number of esters is 1. The Balaban J connectivity index is 2.50. The van der Waals surface area contributed by atoms with E-state index in [9.17, 15) is 14.0 Å². The van der Waals surface area contributed by atoms with E-state index in [4.69, 9.17) is 5.26 Å². The Hall–Kier alpha value is -2.42. The standard InChI is InChI=1S/C12H11FN2O3/c1-8(6-14)18-11(16)7-15-12(17)9-4-2-3-5-10(9)13/h2-5,8H,7H2,1H3,(H,15,17)/t8-/m1/s1. The summed E-state index contributed by atoms with van der Waals surface area (Å²) >= 11 is 0. The van der Waals surface area contributed by atoms with E-state index in [0.717, 1.165) is 6.07 Å². The quantitative estimate of drug-likeness (QED) is 0.809. The summed E-state index contributed by atoms with van der Waals surface area (Å²) in [5.41, 5.74) is -0.154. The molecule has 5 nitrogen and oxygen atoms in total. The van der Waals surface area contributed by atoms with Crippen molar-refractivity contribution in [2.75, 3.05) is 6.54 Å². The highest BCUT2D eigenvalue weighted by molar-refractivity contribution is 5.96. The first-order valence-corrected chi connectivity index (χ1v) is 5.16. The minimum absolute atomic E-state index is 0.154. The molecule has 0 heterocycles. The average Bonchev–Trinajstić information content (AvgIpc) is 2.36. The molecule has 0 saturated carbocycles. The van der Waals surface area contributed by atoms with Gasteiger partial charge in [0.1, 0.15) is 18.4 Å². The molecule has 0 aliphatic rings. The van der Waals surface area contributed by atoms with Crippen LogP contribution in [-0.2, 0) is 9.53 Å². The lowest BCUT2D eigenvalue weighted by Gasteiger charge is -2.07. The highest BCUT2D eigenvalue weighted by Gasteiger charge is 2.13. The zero-order chi connectivity index (χ0) is 13.5. The van der Waals surface area contributed by atoms with Crippen LogP contribution in [0.4, 0.5) is 4.39 Å². The SMILES string of the molecule is C[C@H](C#N)OC(=O)CNC(=O)c1ccccc1F. The molecule has 18 heavy (non-hydrogen) atoms. The van der Waals surface area contributed by atoms with Crippen molar-refractivity contribution in [3.05, 3.63) is 35.6 Å². The predicted molar refractivity (Wildman–Crippen MR) is 59.9 cm³/mol. The normalized spacial score (nSPS) is 11.2. The minimum atomic E-state index is -0.886. The third-order valence-corrected chi connectivity index (χ3v) is 2.00. The second-order valence-electron chi connectivity index (χ2n) is 3.42. The summed E-state index contributed by atoms with van der Waals surface area (Å²) in [6.45, 7) is 0.982. The van der Waals surface area contributed by atoms with Gasteiger partial charge in [0.05, 0.1) is 5.56 Å². The molecule has 1 aromatic rings. The molecule has 0 bridgehead atoms. The molecule has 1 N–H and O–H groups in total. The first kappa shape index (κ1) is 13.6. The molecule has 0 fully saturated rings. The molecule has 6 heteroatoms. The number of nitrogens with zero attached hydrogens (tertiary/aromatic N) is 1.